The van der Waals surface area contributed by atoms with Gasteiger partial charge in [-0.15, -0.1) is 0 Å². The highest BCUT2D eigenvalue weighted by molar-refractivity contribution is 6.58. The van der Waals surface area contributed by atoms with Crippen LogP contribution in [0.1, 0.15) is 39.5 Å². The third-order valence-corrected chi connectivity index (χ3v) is 3.86. The van der Waals surface area contributed by atoms with Gasteiger partial charge in [0, 0.05) is 24.4 Å². The summed E-state index contributed by atoms with van der Waals surface area (Å²) in [5.41, 5.74) is 0.966. The number of rotatable bonds is 3. The maximum Gasteiger partial charge on any atom is 0.491 e. The van der Waals surface area contributed by atoms with Crippen LogP contribution in [-0.2, 0) is 6.54 Å². The van der Waals surface area contributed by atoms with Crippen LogP contribution in [0.3, 0.4) is 0 Å². The van der Waals surface area contributed by atoms with Crippen LogP contribution >= 0.6 is 0 Å². The van der Waals surface area contributed by atoms with E-state index in [1.54, 1.807) is 6.20 Å². The number of hydrogen-bond acceptors (Lipinski definition) is 3. The molecular formula is C12H21BN2O2. The van der Waals surface area contributed by atoms with Crippen LogP contribution in [0.25, 0.3) is 0 Å². The summed E-state index contributed by atoms with van der Waals surface area (Å²) < 4.78 is 1.83. The maximum atomic E-state index is 9.01. The molecule has 1 aromatic heterocycles. The van der Waals surface area contributed by atoms with E-state index in [4.69, 9.17) is 10.0 Å². The van der Waals surface area contributed by atoms with Crippen molar-refractivity contribution in [1.29, 1.82) is 0 Å². The zero-order valence-corrected chi connectivity index (χ0v) is 10.6. The zero-order chi connectivity index (χ0) is 12.5. The SMILES string of the molecule is CC1(C)CCC(Cn2cc(B(O)O)cn2)CC1. The Kier molecular flexibility index (Phi) is 3.59. The molecule has 0 atom stereocenters. The largest absolute Gasteiger partial charge is 0.491 e. The molecule has 5 heteroatoms. The summed E-state index contributed by atoms with van der Waals surface area (Å²) >= 11 is 0. The fraction of sp³-hybridized carbons (Fsp3) is 0.750. The van der Waals surface area contributed by atoms with Gasteiger partial charge in [-0.05, 0) is 37.0 Å². The topological polar surface area (TPSA) is 58.3 Å². The van der Waals surface area contributed by atoms with Crippen molar-refractivity contribution in [1.82, 2.24) is 9.78 Å². The first-order valence-corrected chi connectivity index (χ1v) is 6.35. The summed E-state index contributed by atoms with van der Waals surface area (Å²) in [7, 11) is -1.41. The fourth-order valence-corrected chi connectivity index (χ4v) is 2.52. The molecule has 1 aliphatic carbocycles. The Morgan fingerprint density at radius 3 is 2.59 bits per heavy atom. The van der Waals surface area contributed by atoms with E-state index in [-0.39, 0.29) is 0 Å². The highest BCUT2D eigenvalue weighted by Gasteiger charge is 2.27. The van der Waals surface area contributed by atoms with Crippen molar-refractivity contribution in [2.75, 3.05) is 0 Å². The van der Waals surface area contributed by atoms with Crippen molar-refractivity contribution in [2.45, 2.75) is 46.1 Å². The molecule has 0 bridgehead atoms. The monoisotopic (exact) mass is 236 g/mol. The van der Waals surface area contributed by atoms with Crippen molar-refractivity contribution >= 4 is 12.6 Å². The summed E-state index contributed by atoms with van der Waals surface area (Å²) in [4.78, 5) is 0. The molecule has 0 aliphatic heterocycles. The molecule has 0 spiro atoms. The maximum absolute atomic E-state index is 9.01. The molecular weight excluding hydrogens is 215 g/mol. The Morgan fingerprint density at radius 1 is 1.41 bits per heavy atom. The lowest BCUT2D eigenvalue weighted by molar-refractivity contribution is 0.176. The van der Waals surface area contributed by atoms with Gasteiger partial charge in [0.15, 0.2) is 0 Å². The van der Waals surface area contributed by atoms with Crippen molar-refractivity contribution in [2.24, 2.45) is 11.3 Å². The van der Waals surface area contributed by atoms with Crippen molar-refractivity contribution in [3.63, 3.8) is 0 Å². The van der Waals surface area contributed by atoms with Gasteiger partial charge in [-0.2, -0.15) is 5.10 Å². The van der Waals surface area contributed by atoms with E-state index in [1.165, 1.54) is 31.9 Å². The molecule has 1 aliphatic rings. The van der Waals surface area contributed by atoms with Crippen LogP contribution in [-0.4, -0.2) is 26.9 Å². The number of hydrogen-bond donors (Lipinski definition) is 2. The molecule has 1 saturated carbocycles. The quantitative estimate of drug-likeness (QED) is 0.762. The Morgan fingerprint density at radius 2 is 2.06 bits per heavy atom. The average Bonchev–Trinajstić information content (AvgIpc) is 2.70. The third kappa shape index (κ3) is 3.33. The van der Waals surface area contributed by atoms with Gasteiger partial charge in [-0.3, -0.25) is 4.68 Å². The molecule has 0 aromatic carbocycles. The first-order valence-electron chi connectivity index (χ1n) is 6.35. The molecule has 1 heterocycles. The molecule has 1 aromatic rings. The van der Waals surface area contributed by atoms with E-state index in [9.17, 15) is 0 Å². The summed E-state index contributed by atoms with van der Waals surface area (Å²) in [6, 6.07) is 0. The Labute approximate surface area is 103 Å². The fourth-order valence-electron chi connectivity index (χ4n) is 2.52. The highest BCUT2D eigenvalue weighted by Crippen LogP contribution is 2.38. The summed E-state index contributed by atoms with van der Waals surface area (Å²) in [6.07, 6.45) is 8.28. The van der Waals surface area contributed by atoms with E-state index in [1.807, 2.05) is 4.68 Å². The van der Waals surface area contributed by atoms with Gasteiger partial charge < -0.3 is 10.0 Å². The van der Waals surface area contributed by atoms with E-state index in [0.717, 1.165) is 6.54 Å². The Bertz CT molecular complexity index is 366. The minimum absolute atomic E-state index is 0.473. The number of nitrogens with zero attached hydrogens (tertiary/aromatic N) is 2. The second kappa shape index (κ2) is 4.82. The Balaban J connectivity index is 1.89. The minimum atomic E-state index is -1.41. The first kappa shape index (κ1) is 12.6. The Hall–Kier alpha value is -0.805. The van der Waals surface area contributed by atoms with Crippen molar-refractivity contribution < 1.29 is 10.0 Å². The normalized spacial score (nSPS) is 20.5. The molecule has 1 fully saturated rings. The van der Waals surface area contributed by atoms with E-state index in [0.29, 0.717) is 16.8 Å². The molecule has 0 saturated heterocycles. The first-order chi connectivity index (χ1) is 7.96. The van der Waals surface area contributed by atoms with Crippen LogP contribution < -0.4 is 5.46 Å². The van der Waals surface area contributed by atoms with Crippen LogP contribution in [0.4, 0.5) is 0 Å². The third-order valence-electron chi connectivity index (χ3n) is 3.86. The molecule has 0 amide bonds. The van der Waals surface area contributed by atoms with Crippen LogP contribution in [0, 0.1) is 11.3 Å². The zero-order valence-electron chi connectivity index (χ0n) is 10.6. The minimum Gasteiger partial charge on any atom is -0.423 e. The van der Waals surface area contributed by atoms with E-state index < -0.39 is 7.12 Å². The molecule has 0 unspecified atom stereocenters. The van der Waals surface area contributed by atoms with Crippen LogP contribution in [0.5, 0.6) is 0 Å². The van der Waals surface area contributed by atoms with E-state index >= 15 is 0 Å². The molecule has 0 radical (unpaired) electrons. The molecule has 2 rings (SSSR count). The second-order valence-corrected chi connectivity index (χ2v) is 5.98. The molecule has 17 heavy (non-hydrogen) atoms. The van der Waals surface area contributed by atoms with Gasteiger partial charge in [0.2, 0.25) is 0 Å². The molecule has 2 N–H and O–H groups in total. The predicted octanol–water partition coefficient (Wildman–Crippen LogP) is 0.779. The lowest BCUT2D eigenvalue weighted by atomic mass is 9.73. The van der Waals surface area contributed by atoms with Gasteiger partial charge in [0.1, 0.15) is 0 Å². The van der Waals surface area contributed by atoms with Crippen LogP contribution in [0.15, 0.2) is 12.4 Å². The van der Waals surface area contributed by atoms with Gasteiger partial charge in [0.05, 0.1) is 0 Å². The summed E-state index contributed by atoms with van der Waals surface area (Å²) in [6.45, 7) is 5.55. The molecule has 94 valence electrons. The van der Waals surface area contributed by atoms with E-state index in [2.05, 4.69) is 18.9 Å². The lowest BCUT2D eigenvalue weighted by Crippen LogP contribution is -2.28. The second-order valence-electron chi connectivity index (χ2n) is 5.98. The van der Waals surface area contributed by atoms with Crippen molar-refractivity contribution in [3.05, 3.63) is 12.4 Å². The summed E-state index contributed by atoms with van der Waals surface area (Å²) in [5, 5.41) is 22.2. The van der Waals surface area contributed by atoms with Gasteiger partial charge in [-0.1, -0.05) is 13.8 Å². The predicted molar refractivity (Wildman–Crippen MR) is 67.8 cm³/mol. The van der Waals surface area contributed by atoms with Gasteiger partial charge in [0.25, 0.3) is 0 Å². The van der Waals surface area contributed by atoms with Crippen molar-refractivity contribution in [3.8, 4) is 0 Å². The van der Waals surface area contributed by atoms with Crippen LogP contribution in [0.2, 0.25) is 0 Å². The van der Waals surface area contributed by atoms with Gasteiger partial charge >= 0.3 is 7.12 Å². The molecule has 4 nitrogen and oxygen atoms in total. The highest BCUT2D eigenvalue weighted by atomic mass is 16.4. The summed E-state index contributed by atoms with van der Waals surface area (Å²) in [5.74, 6) is 0.673. The average molecular weight is 236 g/mol. The smallest absolute Gasteiger partial charge is 0.423 e. The lowest BCUT2D eigenvalue weighted by Gasteiger charge is -2.34. The number of aromatic nitrogens is 2. The standard InChI is InChI=1S/C12H21BN2O2/c1-12(2)5-3-10(4-6-12)8-15-9-11(7-14-15)13(16)17/h7,9-10,16-17H,3-6,8H2,1-2H3. The van der Waals surface area contributed by atoms with Gasteiger partial charge in [-0.25, -0.2) is 0 Å².